The second-order valence-corrected chi connectivity index (χ2v) is 9.01. The van der Waals surface area contributed by atoms with E-state index in [1.807, 2.05) is 13.8 Å². The molecule has 0 atom stereocenters. The van der Waals surface area contributed by atoms with Crippen LogP contribution in [0, 0.1) is 11.7 Å². The summed E-state index contributed by atoms with van der Waals surface area (Å²) in [6.45, 7) is 7.26. The summed E-state index contributed by atoms with van der Waals surface area (Å²) >= 11 is 11.3. The average Bonchev–Trinajstić information content (AvgIpc) is 3.10. The van der Waals surface area contributed by atoms with Crippen molar-refractivity contribution in [1.29, 1.82) is 0 Å². The van der Waals surface area contributed by atoms with Gasteiger partial charge in [0, 0.05) is 18.1 Å². The first-order valence-electron chi connectivity index (χ1n) is 8.82. The molecule has 0 fully saturated rings. The average molecular weight is 437 g/mol. The van der Waals surface area contributed by atoms with E-state index in [2.05, 4.69) is 15.1 Å². The van der Waals surface area contributed by atoms with Crippen LogP contribution >= 0.6 is 23.8 Å². The van der Waals surface area contributed by atoms with E-state index in [-0.39, 0.29) is 9.79 Å². The van der Waals surface area contributed by atoms with Crippen molar-refractivity contribution < 1.29 is 8.42 Å². The molecule has 0 amide bonds. The first-order valence-corrected chi connectivity index (χ1v) is 11.1. The van der Waals surface area contributed by atoms with Crippen molar-refractivity contribution in [2.45, 2.75) is 30.6 Å². The van der Waals surface area contributed by atoms with Crippen molar-refractivity contribution in [2.75, 3.05) is 18.0 Å². The molecule has 0 bridgehead atoms. The molecule has 148 valence electrons. The Kier molecular flexibility index (Phi) is 5.92. The quantitative estimate of drug-likeness (QED) is 0.573. The zero-order chi connectivity index (χ0) is 20.5. The van der Waals surface area contributed by atoms with E-state index in [1.165, 1.54) is 6.07 Å². The smallest absolute Gasteiger partial charge is 0.206 e. The number of hydrogen-bond donors (Lipinski definition) is 1. The minimum Gasteiger partial charge on any atom is -0.370 e. The zero-order valence-corrected chi connectivity index (χ0v) is 18.2. The van der Waals surface area contributed by atoms with E-state index in [0.717, 1.165) is 24.5 Å². The van der Waals surface area contributed by atoms with Crippen LogP contribution < -0.4 is 4.90 Å². The van der Waals surface area contributed by atoms with Crippen LogP contribution in [-0.2, 0) is 9.84 Å². The number of aromatic nitrogens is 3. The largest absolute Gasteiger partial charge is 0.370 e. The molecule has 0 saturated carbocycles. The molecule has 1 heterocycles. The van der Waals surface area contributed by atoms with Crippen LogP contribution in [-0.4, -0.2) is 36.3 Å². The summed E-state index contributed by atoms with van der Waals surface area (Å²) in [6.07, 6.45) is 1.58. The maximum Gasteiger partial charge on any atom is 0.206 e. The van der Waals surface area contributed by atoms with Crippen LogP contribution in [0.2, 0.25) is 5.02 Å². The Bertz CT molecular complexity index is 1160. The lowest BCUT2D eigenvalue weighted by Gasteiger charge is -2.25. The van der Waals surface area contributed by atoms with E-state index < -0.39 is 9.84 Å². The van der Waals surface area contributed by atoms with Crippen LogP contribution in [0.25, 0.3) is 5.69 Å². The Morgan fingerprint density at radius 1 is 1.14 bits per heavy atom. The van der Waals surface area contributed by atoms with E-state index in [0.29, 0.717) is 15.4 Å². The van der Waals surface area contributed by atoms with Crippen LogP contribution in [0.4, 0.5) is 5.69 Å². The summed E-state index contributed by atoms with van der Waals surface area (Å²) in [5.41, 5.74) is 2.26. The number of nitrogens with one attached hydrogen (secondary N) is 1. The third-order valence-electron chi connectivity index (χ3n) is 4.61. The molecular formula is C19H21ClN4O2S2. The van der Waals surface area contributed by atoms with Gasteiger partial charge in [-0.05, 0) is 75.0 Å². The van der Waals surface area contributed by atoms with Crippen molar-refractivity contribution in [3.8, 4) is 5.69 Å². The number of rotatable bonds is 6. The highest BCUT2D eigenvalue weighted by molar-refractivity contribution is 7.91. The summed E-state index contributed by atoms with van der Waals surface area (Å²) in [5.74, 6) is 0. The van der Waals surface area contributed by atoms with Gasteiger partial charge in [-0.15, -0.1) is 0 Å². The second kappa shape index (κ2) is 8.06. The number of nitrogens with zero attached hydrogens (tertiary/aromatic N) is 3. The molecule has 1 aromatic heterocycles. The molecule has 9 heteroatoms. The minimum absolute atomic E-state index is 0.215. The van der Waals surface area contributed by atoms with Gasteiger partial charge in [0.05, 0.1) is 21.2 Å². The number of halogens is 1. The summed E-state index contributed by atoms with van der Waals surface area (Å²) < 4.78 is 28.6. The van der Waals surface area contributed by atoms with Gasteiger partial charge in [0.1, 0.15) is 6.33 Å². The molecule has 0 unspecified atom stereocenters. The van der Waals surface area contributed by atoms with Crippen molar-refractivity contribution >= 4 is 39.3 Å². The third-order valence-corrected chi connectivity index (χ3v) is 7.07. The predicted molar refractivity (Wildman–Crippen MR) is 114 cm³/mol. The van der Waals surface area contributed by atoms with Crippen LogP contribution in [0.3, 0.4) is 0 Å². The fraction of sp³-hybridized carbons (Fsp3) is 0.263. The van der Waals surface area contributed by atoms with Gasteiger partial charge >= 0.3 is 0 Å². The van der Waals surface area contributed by atoms with Gasteiger partial charge in [-0.2, -0.15) is 5.10 Å². The number of H-pyrrole nitrogens is 1. The molecule has 0 aliphatic rings. The molecule has 0 radical (unpaired) electrons. The maximum absolute atomic E-state index is 13.2. The SMILES string of the molecule is CCN(CC)c1cc(S(=O)(=O)c2ccc(Cl)c(C)c2)ccc1-n1cn[nH]c1=S. The second-order valence-electron chi connectivity index (χ2n) is 6.27. The van der Waals surface area contributed by atoms with Gasteiger partial charge in [0.2, 0.25) is 9.84 Å². The Hall–Kier alpha value is -2.16. The predicted octanol–water partition coefficient (Wildman–Crippen LogP) is 4.57. The summed E-state index contributed by atoms with van der Waals surface area (Å²) in [7, 11) is -3.69. The highest BCUT2D eigenvalue weighted by Crippen LogP contribution is 2.31. The van der Waals surface area contributed by atoms with E-state index in [1.54, 1.807) is 48.1 Å². The van der Waals surface area contributed by atoms with Crippen LogP contribution in [0.15, 0.2) is 52.5 Å². The van der Waals surface area contributed by atoms with E-state index in [9.17, 15) is 8.42 Å². The van der Waals surface area contributed by atoms with Gasteiger partial charge in [-0.25, -0.2) is 8.42 Å². The molecule has 0 aliphatic heterocycles. The first-order chi connectivity index (χ1) is 13.3. The molecule has 3 aromatic rings. The maximum atomic E-state index is 13.2. The topological polar surface area (TPSA) is 71.0 Å². The number of sulfone groups is 1. The molecule has 2 aromatic carbocycles. The van der Waals surface area contributed by atoms with Crippen LogP contribution in [0.5, 0.6) is 0 Å². The van der Waals surface area contributed by atoms with Gasteiger partial charge in [0.25, 0.3) is 0 Å². The minimum atomic E-state index is -3.69. The highest BCUT2D eigenvalue weighted by atomic mass is 35.5. The lowest BCUT2D eigenvalue weighted by Crippen LogP contribution is -2.24. The normalized spacial score (nSPS) is 11.6. The third kappa shape index (κ3) is 3.72. The number of hydrogen-bond acceptors (Lipinski definition) is 5. The number of benzene rings is 2. The Labute approximate surface area is 174 Å². The lowest BCUT2D eigenvalue weighted by atomic mass is 10.2. The molecule has 6 nitrogen and oxygen atoms in total. The molecule has 0 spiro atoms. The van der Waals surface area contributed by atoms with Gasteiger partial charge in [-0.1, -0.05) is 11.6 Å². The van der Waals surface area contributed by atoms with Gasteiger partial charge in [-0.3, -0.25) is 9.67 Å². The van der Waals surface area contributed by atoms with Crippen LogP contribution in [0.1, 0.15) is 19.4 Å². The molecule has 1 N–H and O–H groups in total. The van der Waals surface area contributed by atoms with Gasteiger partial charge < -0.3 is 4.90 Å². The molecule has 28 heavy (non-hydrogen) atoms. The summed E-state index contributed by atoms with van der Waals surface area (Å²) in [5, 5.41) is 7.24. The highest BCUT2D eigenvalue weighted by Gasteiger charge is 2.22. The summed E-state index contributed by atoms with van der Waals surface area (Å²) in [6, 6.07) is 9.77. The van der Waals surface area contributed by atoms with Crippen molar-refractivity contribution in [3.05, 3.63) is 58.1 Å². The standard InChI is InChI=1S/C19H21ClN4O2S2/c1-4-23(5-2)18-11-15(7-9-17(18)24-12-21-22-19(24)27)28(25,26)14-6-8-16(20)13(3)10-14/h6-12H,4-5H2,1-3H3,(H,22,27). The molecule has 0 aliphatic carbocycles. The Morgan fingerprint density at radius 2 is 1.79 bits per heavy atom. The van der Waals surface area contributed by atoms with E-state index >= 15 is 0 Å². The number of anilines is 1. The number of aromatic amines is 1. The Morgan fingerprint density at radius 3 is 2.36 bits per heavy atom. The zero-order valence-electron chi connectivity index (χ0n) is 15.8. The monoisotopic (exact) mass is 436 g/mol. The lowest BCUT2D eigenvalue weighted by molar-refractivity contribution is 0.596. The first kappa shape index (κ1) is 20.6. The van der Waals surface area contributed by atoms with Crippen molar-refractivity contribution in [3.63, 3.8) is 0 Å². The molecule has 3 rings (SSSR count). The van der Waals surface area contributed by atoms with Crippen molar-refractivity contribution in [2.24, 2.45) is 0 Å². The Balaban J connectivity index is 2.20. The number of aryl methyl sites for hydroxylation is 1. The van der Waals surface area contributed by atoms with Gasteiger partial charge in [0.15, 0.2) is 4.77 Å². The molecular weight excluding hydrogens is 416 g/mol. The van der Waals surface area contributed by atoms with Crippen molar-refractivity contribution in [1.82, 2.24) is 14.8 Å². The fourth-order valence-corrected chi connectivity index (χ4v) is 4.71. The molecule has 0 saturated heterocycles. The van der Waals surface area contributed by atoms with E-state index in [4.69, 9.17) is 23.8 Å². The summed E-state index contributed by atoms with van der Waals surface area (Å²) in [4.78, 5) is 2.51. The fourth-order valence-electron chi connectivity index (χ4n) is 3.03.